The van der Waals surface area contributed by atoms with Crippen LogP contribution in [0.3, 0.4) is 0 Å². The first-order chi connectivity index (χ1) is 24.4. The molecule has 1 fully saturated rings. The van der Waals surface area contributed by atoms with Crippen molar-refractivity contribution in [3.8, 4) is 11.3 Å². The third-order valence-corrected chi connectivity index (χ3v) is 11.1. The molecule has 0 spiro atoms. The van der Waals surface area contributed by atoms with Crippen molar-refractivity contribution < 1.29 is 30.0 Å². The molecular weight excluding hydrogens is 839 g/mol. The maximum atomic E-state index is 11.5. The molecule has 0 aliphatic heterocycles. The molecule has 3 aromatic carbocycles. The fraction of sp³-hybridized carbons (Fsp3) is 0.560. The number of allylic oxidation sites excluding steroid dienone is 2. The molecule has 0 saturated heterocycles. The van der Waals surface area contributed by atoms with Crippen LogP contribution in [0.25, 0.3) is 32.9 Å². The number of aromatic nitrogens is 1. The van der Waals surface area contributed by atoms with Gasteiger partial charge in [0.1, 0.15) is 5.76 Å². The summed E-state index contributed by atoms with van der Waals surface area (Å²) in [6, 6.07) is 21.9. The minimum absolute atomic E-state index is 0. The van der Waals surface area contributed by atoms with Crippen molar-refractivity contribution in [2.45, 2.75) is 154 Å². The molecule has 3 nitrogen and oxygen atoms in total. The topological polar surface area (TPSA) is 50.2 Å². The predicted octanol–water partition coefficient (Wildman–Crippen LogP) is 14.6. The first kappa shape index (κ1) is 45.6. The van der Waals surface area contributed by atoms with Gasteiger partial charge in [-0.15, -0.1) is 29.1 Å². The second kappa shape index (κ2) is 17.5. The minimum Gasteiger partial charge on any atom is -0.512 e. The molecule has 0 unspecified atom stereocenters. The average molecular weight is 909 g/mol. The molecule has 1 aromatic heterocycles. The van der Waals surface area contributed by atoms with Crippen molar-refractivity contribution >= 4 is 27.5 Å². The van der Waals surface area contributed by atoms with Crippen molar-refractivity contribution in [2.24, 2.45) is 28.1 Å². The molecular formula is C50H70IrNO2-. The SMILES string of the molecule is CC(C)(C)C(=O)/C=C(\O)C(C)(C)C.Cc1cc(C)c2c(C3CCC(CC(C)C)(CC(C)C)CC3)cc(-c3[c-]c4ccccc4c(C(C)(C)C)c3)nc2c1.[Ir]. The first-order valence-electron chi connectivity index (χ1n) is 20.2. The van der Waals surface area contributed by atoms with Crippen molar-refractivity contribution in [3.63, 3.8) is 0 Å². The standard InChI is InChI=1S/C39H50N.C11H20O2.Ir/c1-25(2)23-39(24-26(3)4)16-14-29(15-17-39)33-22-35(40-36-19-27(5)18-28(6)37(33)36)31-20-30-12-10-11-13-32(30)34(21-31)38(7,8)9;1-10(2,3)8(12)7-9(13)11(4,5)6;/h10-13,18-19,21-22,25-26,29H,14-17,23-24H2,1-9H3;7,12H,1-6H3;/q-1;;/b;8-7-;. The number of ketones is 1. The molecule has 0 amide bonds. The molecule has 1 N–H and O–H groups in total. The van der Waals surface area contributed by atoms with Crippen molar-refractivity contribution in [1.29, 1.82) is 0 Å². The van der Waals surface area contributed by atoms with Crippen LogP contribution < -0.4 is 0 Å². The number of fused-ring (bicyclic) bond motifs is 2. The van der Waals surface area contributed by atoms with Gasteiger partial charge in [0.15, 0.2) is 5.78 Å². The van der Waals surface area contributed by atoms with E-state index in [0.29, 0.717) is 11.3 Å². The Morgan fingerprint density at radius 1 is 0.870 bits per heavy atom. The maximum absolute atomic E-state index is 11.5. The molecule has 1 radical (unpaired) electrons. The summed E-state index contributed by atoms with van der Waals surface area (Å²) in [5, 5.41) is 13.4. The summed E-state index contributed by atoms with van der Waals surface area (Å²) in [5.74, 6) is 2.21. The first-order valence-corrected chi connectivity index (χ1v) is 20.2. The van der Waals surface area contributed by atoms with Crippen molar-refractivity contribution in [1.82, 2.24) is 4.98 Å². The molecule has 0 bridgehead atoms. The van der Waals surface area contributed by atoms with E-state index in [1.165, 1.54) is 83.0 Å². The van der Waals surface area contributed by atoms with Gasteiger partial charge >= 0.3 is 0 Å². The van der Waals surface area contributed by atoms with Gasteiger partial charge in [-0.05, 0) is 104 Å². The third kappa shape index (κ3) is 11.4. The van der Waals surface area contributed by atoms with Crippen LogP contribution in [-0.2, 0) is 30.3 Å². The fourth-order valence-electron chi connectivity index (χ4n) is 8.56. The molecule has 1 heterocycles. The van der Waals surface area contributed by atoms with E-state index < -0.39 is 5.41 Å². The quantitative estimate of drug-likeness (QED) is 0.114. The van der Waals surface area contributed by atoms with Gasteiger partial charge in [-0.3, -0.25) is 9.78 Å². The fourth-order valence-corrected chi connectivity index (χ4v) is 8.56. The molecule has 0 atom stereocenters. The Hall–Kier alpha value is -2.81. The Morgan fingerprint density at radius 3 is 1.96 bits per heavy atom. The maximum Gasteiger partial charge on any atom is 0.164 e. The number of aryl methyl sites for hydroxylation is 2. The van der Waals surface area contributed by atoms with E-state index in [0.717, 1.165) is 28.6 Å². The Morgan fingerprint density at radius 2 is 1.44 bits per heavy atom. The van der Waals surface area contributed by atoms with Gasteiger partial charge in [-0.1, -0.05) is 131 Å². The van der Waals surface area contributed by atoms with Crippen LogP contribution in [0.1, 0.15) is 157 Å². The Balaban J connectivity index is 0.000000481. The van der Waals surface area contributed by atoms with E-state index in [9.17, 15) is 9.90 Å². The van der Waals surface area contributed by atoms with Gasteiger partial charge in [0.25, 0.3) is 0 Å². The zero-order chi connectivity index (χ0) is 39.7. The molecule has 1 aliphatic carbocycles. The summed E-state index contributed by atoms with van der Waals surface area (Å²) in [4.78, 5) is 16.8. The number of hydrogen-bond donors (Lipinski definition) is 1. The van der Waals surface area contributed by atoms with E-state index in [-0.39, 0.29) is 42.5 Å². The number of carbonyl (C=O) groups is 1. The molecule has 297 valence electrons. The van der Waals surface area contributed by atoms with Gasteiger partial charge in [0, 0.05) is 48.1 Å². The smallest absolute Gasteiger partial charge is 0.164 e. The van der Waals surface area contributed by atoms with Crippen molar-refractivity contribution in [3.05, 3.63) is 88.7 Å². The number of pyridine rings is 1. The summed E-state index contributed by atoms with van der Waals surface area (Å²) in [5.41, 5.74) is 8.65. The van der Waals surface area contributed by atoms with Crippen LogP contribution in [0.4, 0.5) is 0 Å². The van der Waals surface area contributed by atoms with Crippen molar-refractivity contribution in [2.75, 3.05) is 0 Å². The second-order valence-electron chi connectivity index (χ2n) is 20.3. The van der Waals surface area contributed by atoms with Gasteiger partial charge < -0.3 is 5.11 Å². The normalized spacial score (nSPS) is 15.7. The zero-order valence-corrected chi connectivity index (χ0v) is 38.7. The Bertz CT molecular complexity index is 1920. The number of carbonyl (C=O) groups excluding carboxylic acids is 1. The van der Waals surface area contributed by atoms with Gasteiger partial charge in [0.2, 0.25) is 0 Å². The molecule has 1 saturated carbocycles. The van der Waals surface area contributed by atoms with Crippen LogP contribution in [0, 0.1) is 48.0 Å². The monoisotopic (exact) mass is 910 g/mol. The van der Waals surface area contributed by atoms with Crippen LogP contribution in [0.15, 0.2) is 60.4 Å². The predicted molar refractivity (Wildman–Crippen MR) is 229 cm³/mol. The summed E-state index contributed by atoms with van der Waals surface area (Å²) in [6.07, 6.45) is 9.29. The number of aliphatic hydroxyl groups is 1. The number of hydrogen-bond acceptors (Lipinski definition) is 3. The van der Waals surface area contributed by atoms with Crippen LogP contribution in [0.2, 0.25) is 0 Å². The Kier molecular flexibility index (Phi) is 14.8. The molecule has 5 rings (SSSR count). The number of benzene rings is 3. The zero-order valence-electron chi connectivity index (χ0n) is 36.3. The van der Waals surface area contributed by atoms with Gasteiger partial charge in [-0.2, -0.15) is 0 Å². The molecule has 4 aromatic rings. The van der Waals surface area contributed by atoms with E-state index in [2.05, 4.69) is 117 Å². The molecule has 1 aliphatic rings. The van der Waals surface area contributed by atoms with Crippen LogP contribution in [0.5, 0.6) is 0 Å². The molecule has 4 heteroatoms. The summed E-state index contributed by atoms with van der Waals surface area (Å²) < 4.78 is 0. The van der Waals surface area contributed by atoms with Crippen LogP contribution in [-0.4, -0.2) is 15.9 Å². The third-order valence-electron chi connectivity index (χ3n) is 11.1. The van der Waals surface area contributed by atoms with E-state index in [4.69, 9.17) is 4.98 Å². The van der Waals surface area contributed by atoms with Gasteiger partial charge in [0.05, 0.1) is 5.52 Å². The minimum atomic E-state index is -0.417. The number of nitrogens with zero attached hydrogens (tertiary/aromatic N) is 1. The second-order valence-corrected chi connectivity index (χ2v) is 20.3. The number of aliphatic hydroxyl groups excluding tert-OH is 1. The summed E-state index contributed by atoms with van der Waals surface area (Å²) >= 11 is 0. The average Bonchev–Trinajstić information content (AvgIpc) is 3.02. The van der Waals surface area contributed by atoms with E-state index >= 15 is 0 Å². The van der Waals surface area contributed by atoms with E-state index in [1.807, 2.05) is 41.5 Å². The largest absolute Gasteiger partial charge is 0.512 e. The molecule has 54 heavy (non-hydrogen) atoms. The van der Waals surface area contributed by atoms with Crippen LogP contribution >= 0.6 is 0 Å². The number of rotatable bonds is 7. The van der Waals surface area contributed by atoms with E-state index in [1.54, 1.807) is 0 Å². The van der Waals surface area contributed by atoms with Gasteiger partial charge in [-0.25, -0.2) is 0 Å². The summed E-state index contributed by atoms with van der Waals surface area (Å²) in [6.45, 7) is 32.2. The Labute approximate surface area is 342 Å². The summed E-state index contributed by atoms with van der Waals surface area (Å²) in [7, 11) is 0.